The van der Waals surface area contributed by atoms with Crippen LogP contribution in [0.5, 0.6) is 0 Å². The van der Waals surface area contributed by atoms with Crippen LogP contribution >= 0.6 is 0 Å². The average molecular weight is 105 g/mol. The number of carboxylic acid groups (broad SMARTS) is 1. The summed E-state index contributed by atoms with van der Waals surface area (Å²) in [4.78, 5) is 9.88. The molecule has 7 heavy (non-hydrogen) atoms. The molecule has 0 saturated carbocycles. The van der Waals surface area contributed by atoms with Gasteiger partial charge in [-0.2, -0.15) is 0 Å². The Bertz CT molecular complexity index is 115. The van der Waals surface area contributed by atoms with E-state index >= 15 is 0 Å². The van der Waals surface area contributed by atoms with E-state index in [1.165, 1.54) is 0 Å². The van der Waals surface area contributed by atoms with E-state index in [0.29, 0.717) is 0 Å². The van der Waals surface area contributed by atoms with Crippen LogP contribution in [0.4, 0.5) is 0 Å². The Balaban J connectivity index is 3.71. The predicted molar refractivity (Wildman–Crippen MR) is 25.9 cm³/mol. The lowest BCUT2D eigenvalue weighted by Crippen LogP contribution is -2.02. The first kappa shape index (κ1) is 3.43. The van der Waals surface area contributed by atoms with Crippen molar-refractivity contribution in [3.63, 3.8) is 0 Å². The molecule has 42 valence electrons. The Morgan fingerprint density at radius 2 is 2.57 bits per heavy atom. The van der Waals surface area contributed by atoms with Crippen LogP contribution in [-0.2, 0) is 4.79 Å². The second kappa shape index (κ2) is 3.61. The van der Waals surface area contributed by atoms with Crippen molar-refractivity contribution in [2.24, 2.45) is 5.73 Å². The Morgan fingerprint density at radius 1 is 2.00 bits per heavy atom. The fourth-order valence-corrected chi connectivity index (χ4v) is 0.179. The number of hydrogen-bond donors (Lipinski definition) is 2. The molecule has 0 aliphatic rings. The lowest BCUT2D eigenvalue weighted by molar-refractivity contribution is -0.137. The molecule has 3 heteroatoms. The van der Waals surface area contributed by atoms with Crippen LogP contribution < -0.4 is 5.73 Å². The number of carbonyl (C=O) groups is 1. The second-order valence-electron chi connectivity index (χ2n) is 1.02. The fraction of sp³-hybridized carbons (Fsp3) is 0.750. The topological polar surface area (TPSA) is 63.3 Å². The molecule has 0 aromatic carbocycles. The van der Waals surface area contributed by atoms with E-state index in [1.54, 1.807) is 0 Å². The van der Waals surface area contributed by atoms with Gasteiger partial charge in [-0.05, 0) is 12.9 Å². The molecule has 0 fully saturated rings. The highest BCUT2D eigenvalue weighted by molar-refractivity contribution is 5.66. The quantitative estimate of drug-likeness (QED) is 0.523. The molecule has 0 bridgehead atoms. The lowest BCUT2D eigenvalue weighted by Gasteiger charge is -1.86. The first-order valence-electron chi connectivity index (χ1n) is 2.90. The summed E-state index contributed by atoms with van der Waals surface area (Å²) in [6, 6.07) is 0. The number of aliphatic carboxylic acids is 1. The summed E-state index contributed by atoms with van der Waals surface area (Å²) < 4.78 is 13.7. The number of nitrogens with two attached hydrogens (primary N) is 1. The number of hydrogen-bond acceptors (Lipinski definition) is 2. The molecular formula is C4H9NO2. The molecule has 0 radical (unpaired) electrons. The molecule has 0 amide bonds. The molecule has 0 aliphatic heterocycles. The third-order valence-electron chi connectivity index (χ3n) is 0.421. The van der Waals surface area contributed by atoms with Gasteiger partial charge in [-0.3, -0.25) is 4.79 Å². The van der Waals surface area contributed by atoms with Crippen LogP contribution in [0.15, 0.2) is 0 Å². The predicted octanol–water partition coefficient (Wildman–Crippen LogP) is -0.190. The summed E-state index contributed by atoms with van der Waals surface area (Å²) in [5.41, 5.74) is 4.92. The van der Waals surface area contributed by atoms with E-state index in [-0.39, 0.29) is 6.54 Å². The van der Waals surface area contributed by atoms with E-state index in [4.69, 9.17) is 13.6 Å². The normalized spacial score (nSPS) is 15.0. The summed E-state index contributed by atoms with van der Waals surface area (Å²) in [7, 11) is 0. The van der Waals surface area contributed by atoms with Crippen LogP contribution in [0.25, 0.3) is 0 Å². The van der Waals surface area contributed by atoms with Crippen molar-refractivity contribution in [3.8, 4) is 0 Å². The maximum atomic E-state index is 9.88. The van der Waals surface area contributed by atoms with Gasteiger partial charge in [0.2, 0.25) is 0 Å². The van der Waals surface area contributed by atoms with Crippen molar-refractivity contribution < 1.29 is 12.6 Å². The molecular weight excluding hydrogens is 94.0 g/mol. The molecule has 0 aliphatic carbocycles. The fourth-order valence-electron chi connectivity index (χ4n) is 0.179. The van der Waals surface area contributed by atoms with Crippen molar-refractivity contribution in [2.45, 2.75) is 12.8 Å². The zero-order chi connectivity index (χ0) is 7.49. The Morgan fingerprint density at radius 3 is 2.71 bits per heavy atom. The standard InChI is InChI=1S/C4H9NO2/c5-3-1-2-4(6)7/h1-3,5H2,(H,6,7)/i1D2. The Kier molecular flexibility index (Phi) is 1.77. The summed E-state index contributed by atoms with van der Waals surface area (Å²) in [5.74, 6) is -1.16. The van der Waals surface area contributed by atoms with Crippen molar-refractivity contribution in [2.75, 3.05) is 6.54 Å². The molecule has 0 atom stereocenters. The van der Waals surface area contributed by atoms with Crippen molar-refractivity contribution >= 4 is 5.97 Å². The van der Waals surface area contributed by atoms with Gasteiger partial charge in [-0.15, -0.1) is 0 Å². The molecule has 3 N–H and O–H groups in total. The molecule has 0 heterocycles. The van der Waals surface area contributed by atoms with E-state index in [2.05, 4.69) is 0 Å². The first-order chi connectivity index (χ1) is 3.98. The number of carboxylic acids is 1. The molecule has 0 spiro atoms. The van der Waals surface area contributed by atoms with Crippen molar-refractivity contribution in [1.82, 2.24) is 0 Å². The minimum Gasteiger partial charge on any atom is -0.481 e. The average Bonchev–Trinajstić information content (AvgIpc) is 1.63. The lowest BCUT2D eigenvalue weighted by atomic mass is 10.3. The van der Waals surface area contributed by atoms with Crippen LogP contribution in [0, 0.1) is 0 Å². The van der Waals surface area contributed by atoms with Gasteiger partial charge in [-0.1, -0.05) is 0 Å². The molecule has 3 nitrogen and oxygen atoms in total. The van der Waals surface area contributed by atoms with E-state index < -0.39 is 18.8 Å². The van der Waals surface area contributed by atoms with Gasteiger partial charge in [0, 0.05) is 9.16 Å². The molecule has 0 unspecified atom stereocenters. The second-order valence-corrected chi connectivity index (χ2v) is 1.02. The van der Waals surface area contributed by atoms with E-state index in [0.717, 1.165) is 0 Å². The monoisotopic (exact) mass is 105 g/mol. The molecule has 0 saturated heterocycles. The van der Waals surface area contributed by atoms with Gasteiger partial charge in [0.1, 0.15) is 0 Å². The largest absolute Gasteiger partial charge is 0.481 e. The van der Waals surface area contributed by atoms with Gasteiger partial charge in [-0.25, -0.2) is 0 Å². The van der Waals surface area contributed by atoms with Gasteiger partial charge in [0.25, 0.3) is 0 Å². The maximum Gasteiger partial charge on any atom is 0.303 e. The third-order valence-corrected chi connectivity index (χ3v) is 0.421. The van der Waals surface area contributed by atoms with Crippen LogP contribution in [0.1, 0.15) is 15.5 Å². The van der Waals surface area contributed by atoms with Gasteiger partial charge in [0.15, 0.2) is 0 Å². The highest BCUT2D eigenvalue weighted by Gasteiger charge is 1.91. The number of rotatable bonds is 3. The first-order valence-corrected chi connectivity index (χ1v) is 1.90. The van der Waals surface area contributed by atoms with E-state index in [1.807, 2.05) is 0 Å². The van der Waals surface area contributed by atoms with Crippen molar-refractivity contribution in [1.29, 1.82) is 0 Å². The summed E-state index contributed by atoms with van der Waals surface area (Å²) >= 11 is 0. The summed E-state index contributed by atoms with van der Waals surface area (Å²) in [6.07, 6.45) is -2.28. The summed E-state index contributed by atoms with van der Waals surface area (Å²) in [5, 5.41) is 8.08. The van der Waals surface area contributed by atoms with Gasteiger partial charge >= 0.3 is 5.97 Å². The third kappa shape index (κ3) is 5.43. The highest BCUT2D eigenvalue weighted by atomic mass is 16.4. The zero-order valence-electron chi connectivity index (χ0n) is 5.85. The van der Waals surface area contributed by atoms with Gasteiger partial charge < -0.3 is 10.8 Å². The maximum absolute atomic E-state index is 9.88. The van der Waals surface area contributed by atoms with Crippen LogP contribution in [-0.4, -0.2) is 17.6 Å². The SMILES string of the molecule is [2H]C([2H])(CN)CC(=O)O. The molecule has 0 aromatic heterocycles. The van der Waals surface area contributed by atoms with Crippen LogP contribution in [0.2, 0.25) is 0 Å². The van der Waals surface area contributed by atoms with Gasteiger partial charge in [0.05, 0.1) is 0 Å². The van der Waals surface area contributed by atoms with E-state index in [9.17, 15) is 4.79 Å². The molecule has 0 aromatic rings. The smallest absolute Gasteiger partial charge is 0.303 e. The molecule has 0 rings (SSSR count). The highest BCUT2D eigenvalue weighted by Crippen LogP contribution is 1.82. The zero-order valence-corrected chi connectivity index (χ0v) is 3.85. The minimum atomic E-state index is -1.76. The Hall–Kier alpha value is -0.570. The van der Waals surface area contributed by atoms with Crippen molar-refractivity contribution in [3.05, 3.63) is 0 Å². The Labute approximate surface area is 44.9 Å². The minimum absolute atomic E-state index is 0.251. The van der Waals surface area contributed by atoms with Crippen LogP contribution in [0.3, 0.4) is 0 Å². The summed E-state index contributed by atoms with van der Waals surface area (Å²) in [6.45, 7) is -0.251.